The maximum atomic E-state index is 6.65. The molecule has 4 N–H and O–H groups in total. The van der Waals surface area contributed by atoms with Crippen LogP contribution < -0.4 is 11.5 Å². The summed E-state index contributed by atoms with van der Waals surface area (Å²) in [5.41, 5.74) is 25.1. The van der Waals surface area contributed by atoms with E-state index in [1.165, 1.54) is 37.8 Å². The van der Waals surface area contributed by atoms with E-state index in [4.69, 9.17) is 11.5 Å². The Morgan fingerprint density at radius 3 is 1.60 bits per heavy atom. The van der Waals surface area contributed by atoms with Crippen molar-refractivity contribution >= 4 is 43.2 Å². The Hall–Kier alpha value is -4.93. The molecule has 1 heterocycles. The first-order valence-corrected chi connectivity index (χ1v) is 17.3. The molecule has 0 aliphatic carbocycles. The van der Waals surface area contributed by atoms with Gasteiger partial charge in [0.25, 0.3) is 0 Å². The van der Waals surface area contributed by atoms with Crippen LogP contribution in [0.25, 0.3) is 60.9 Å². The molecule has 6 aromatic carbocycles. The Labute approximate surface area is 254 Å². The molecule has 0 unspecified atom stereocenters. The topological polar surface area (TPSA) is 57.0 Å². The monoisotopic (exact) mass is 577 g/mol. The van der Waals surface area contributed by atoms with Crippen molar-refractivity contribution in [3.05, 3.63) is 133 Å². The highest BCUT2D eigenvalue weighted by molar-refractivity contribution is 8.32. The van der Waals surface area contributed by atoms with Crippen LogP contribution in [0, 0.1) is 0 Å². The number of nitrogens with two attached hydrogens (primary N) is 2. The van der Waals surface area contributed by atoms with E-state index in [9.17, 15) is 0 Å². The fourth-order valence-corrected chi connectivity index (χ4v) is 8.00. The summed E-state index contributed by atoms with van der Waals surface area (Å²) in [5.74, 6) is 0. The SMILES string of the molecule is CS(C)(C)c1c(-c2ccccc2N)cc(-c2ccc3c(c2)c2ccccc2n3-c2ccccc2)cc1-c1ccccc1N. The summed E-state index contributed by atoms with van der Waals surface area (Å²) in [6, 6.07) is 47.1. The van der Waals surface area contributed by atoms with Gasteiger partial charge < -0.3 is 16.0 Å². The number of anilines is 2. The van der Waals surface area contributed by atoms with Gasteiger partial charge in [0.15, 0.2) is 0 Å². The maximum absolute atomic E-state index is 6.65. The van der Waals surface area contributed by atoms with Gasteiger partial charge in [0.2, 0.25) is 0 Å². The molecule has 0 bridgehead atoms. The van der Waals surface area contributed by atoms with Gasteiger partial charge in [0, 0.05) is 43.9 Å². The second-order valence-electron chi connectivity index (χ2n) is 11.8. The first-order valence-electron chi connectivity index (χ1n) is 14.5. The number of nitrogens with zero attached hydrogens (tertiary/aromatic N) is 1. The van der Waals surface area contributed by atoms with Crippen molar-refractivity contribution in [3.8, 4) is 39.1 Å². The van der Waals surface area contributed by atoms with E-state index >= 15 is 0 Å². The van der Waals surface area contributed by atoms with Crippen molar-refractivity contribution in [1.82, 2.24) is 4.57 Å². The van der Waals surface area contributed by atoms with Gasteiger partial charge in [-0.15, -0.1) is 0 Å². The second-order valence-corrected chi connectivity index (χ2v) is 15.9. The molecule has 212 valence electrons. The van der Waals surface area contributed by atoms with Crippen LogP contribution >= 0.6 is 10.0 Å². The third kappa shape index (κ3) is 4.65. The minimum atomic E-state index is -1.20. The maximum Gasteiger partial charge on any atom is 0.0541 e. The molecule has 0 atom stereocenters. The van der Waals surface area contributed by atoms with E-state index in [1.54, 1.807) is 0 Å². The van der Waals surface area contributed by atoms with Crippen LogP contribution in [0.4, 0.5) is 11.4 Å². The van der Waals surface area contributed by atoms with Gasteiger partial charge in [0.1, 0.15) is 0 Å². The zero-order chi connectivity index (χ0) is 29.7. The van der Waals surface area contributed by atoms with Crippen LogP contribution in [-0.4, -0.2) is 23.3 Å². The lowest BCUT2D eigenvalue weighted by atomic mass is 9.91. The lowest BCUT2D eigenvalue weighted by Crippen LogP contribution is -2.03. The number of aromatic nitrogens is 1. The van der Waals surface area contributed by atoms with Crippen LogP contribution in [0.3, 0.4) is 0 Å². The van der Waals surface area contributed by atoms with Gasteiger partial charge in [-0.3, -0.25) is 0 Å². The zero-order valence-electron chi connectivity index (χ0n) is 24.7. The number of hydrogen-bond donors (Lipinski definition) is 2. The molecule has 0 fully saturated rings. The molecule has 0 saturated heterocycles. The number of hydrogen-bond acceptors (Lipinski definition) is 2. The molecule has 0 radical (unpaired) electrons. The predicted molar refractivity (Wildman–Crippen MR) is 190 cm³/mol. The van der Waals surface area contributed by atoms with Crippen molar-refractivity contribution in [2.24, 2.45) is 0 Å². The molecule has 0 spiro atoms. The summed E-state index contributed by atoms with van der Waals surface area (Å²) in [6.45, 7) is 0. The molecule has 4 heteroatoms. The van der Waals surface area contributed by atoms with Crippen molar-refractivity contribution in [1.29, 1.82) is 0 Å². The van der Waals surface area contributed by atoms with Gasteiger partial charge >= 0.3 is 0 Å². The number of rotatable bonds is 5. The third-order valence-electron chi connectivity index (χ3n) is 8.22. The van der Waals surface area contributed by atoms with E-state index in [0.29, 0.717) is 0 Å². The summed E-state index contributed by atoms with van der Waals surface area (Å²) in [7, 11) is -1.20. The fraction of sp³-hybridized carbons (Fsp3) is 0.0769. The Morgan fingerprint density at radius 2 is 1.00 bits per heavy atom. The van der Waals surface area contributed by atoms with Crippen molar-refractivity contribution in [3.63, 3.8) is 0 Å². The highest BCUT2D eigenvalue weighted by atomic mass is 32.3. The Bertz CT molecular complexity index is 2070. The molecule has 0 amide bonds. The Kier molecular flexibility index (Phi) is 6.52. The van der Waals surface area contributed by atoms with Crippen molar-refractivity contribution in [2.75, 3.05) is 30.2 Å². The number of para-hydroxylation sites is 4. The number of fused-ring (bicyclic) bond motifs is 3. The summed E-state index contributed by atoms with van der Waals surface area (Å²) in [4.78, 5) is 1.31. The normalized spacial score (nSPS) is 12.2. The molecular weight excluding hydrogens is 543 g/mol. The quantitative estimate of drug-likeness (QED) is 0.200. The second kappa shape index (κ2) is 10.4. The molecule has 1 aromatic heterocycles. The molecule has 7 aromatic rings. The minimum absolute atomic E-state index is 0.776. The smallest absolute Gasteiger partial charge is 0.0541 e. The lowest BCUT2D eigenvalue weighted by molar-refractivity contribution is 1.18. The summed E-state index contributed by atoms with van der Waals surface area (Å²) >= 11 is 0. The third-order valence-corrected chi connectivity index (χ3v) is 9.89. The largest absolute Gasteiger partial charge is 0.398 e. The first-order chi connectivity index (χ1) is 20.8. The predicted octanol–water partition coefficient (Wildman–Crippen LogP) is 10.0. The summed E-state index contributed by atoms with van der Waals surface area (Å²) < 4.78 is 2.35. The van der Waals surface area contributed by atoms with Crippen molar-refractivity contribution < 1.29 is 0 Å². The van der Waals surface area contributed by atoms with Gasteiger partial charge in [-0.05, 0) is 95.6 Å². The summed E-state index contributed by atoms with van der Waals surface area (Å²) in [5, 5.41) is 2.46. The molecule has 0 saturated carbocycles. The molecule has 0 aliphatic rings. The average molecular weight is 578 g/mol. The average Bonchev–Trinajstić information content (AvgIpc) is 3.34. The summed E-state index contributed by atoms with van der Waals surface area (Å²) in [6.07, 6.45) is 7.04. The van der Waals surface area contributed by atoms with E-state index in [0.717, 1.165) is 39.3 Å². The van der Waals surface area contributed by atoms with Crippen LogP contribution in [0.1, 0.15) is 0 Å². The van der Waals surface area contributed by atoms with E-state index < -0.39 is 10.0 Å². The zero-order valence-corrected chi connectivity index (χ0v) is 25.5. The van der Waals surface area contributed by atoms with Crippen LogP contribution in [0.15, 0.2) is 138 Å². The van der Waals surface area contributed by atoms with Gasteiger partial charge in [-0.2, -0.15) is 0 Å². The van der Waals surface area contributed by atoms with Crippen LogP contribution in [0.5, 0.6) is 0 Å². The van der Waals surface area contributed by atoms with Crippen LogP contribution in [-0.2, 0) is 0 Å². The Morgan fingerprint density at radius 1 is 0.465 bits per heavy atom. The number of benzene rings is 6. The van der Waals surface area contributed by atoms with Gasteiger partial charge in [-0.25, -0.2) is 10.0 Å². The highest BCUT2D eigenvalue weighted by Gasteiger charge is 2.24. The fourth-order valence-electron chi connectivity index (χ4n) is 6.35. The standard InChI is InChI=1S/C39H35N3S/c1-43(2,3)39-33(29-15-7-10-18-35(29)40)24-27(25-34(39)30-16-8-11-19-36(30)41)26-21-22-38-32(23-26)31-17-9-12-20-37(31)42(38)28-13-5-4-6-14-28/h4-25H,40-41H2,1-3H3. The van der Waals surface area contributed by atoms with E-state index in [2.05, 4.69) is 133 Å². The van der Waals surface area contributed by atoms with Gasteiger partial charge in [-0.1, -0.05) is 78.9 Å². The molecular formula is C39H35N3S. The first kappa shape index (κ1) is 26.9. The molecule has 7 rings (SSSR count). The molecule has 3 nitrogen and oxygen atoms in total. The number of nitrogen functional groups attached to an aromatic ring is 2. The molecule has 43 heavy (non-hydrogen) atoms. The van der Waals surface area contributed by atoms with E-state index in [-0.39, 0.29) is 0 Å². The highest BCUT2D eigenvalue weighted by Crippen LogP contribution is 2.56. The van der Waals surface area contributed by atoms with Crippen LogP contribution in [0.2, 0.25) is 0 Å². The molecule has 0 aliphatic heterocycles. The van der Waals surface area contributed by atoms with Crippen molar-refractivity contribution in [2.45, 2.75) is 4.90 Å². The van der Waals surface area contributed by atoms with Gasteiger partial charge in [0.05, 0.1) is 11.0 Å². The minimum Gasteiger partial charge on any atom is -0.398 e. The Balaban J connectivity index is 1.55. The van der Waals surface area contributed by atoms with E-state index in [1.807, 2.05) is 24.3 Å². The lowest BCUT2D eigenvalue weighted by Gasteiger charge is -2.33.